The quantitative estimate of drug-likeness (QED) is 0.393. The lowest BCUT2D eigenvalue weighted by molar-refractivity contribution is -0.282. The third-order valence-electron chi connectivity index (χ3n) is 0.204. The van der Waals surface area contributed by atoms with E-state index in [1.807, 2.05) is 0 Å². The first-order valence-corrected chi connectivity index (χ1v) is 1.35. The fourth-order valence-electron chi connectivity index (χ4n) is 0.0618. The van der Waals surface area contributed by atoms with Crippen molar-refractivity contribution in [3.63, 3.8) is 0 Å². The Morgan fingerprint density at radius 1 is 1.33 bits per heavy atom. The van der Waals surface area contributed by atoms with Crippen LogP contribution >= 0.6 is 24.6 Å². The molecular weight excluding hydrogens is 128 g/mol. The minimum atomic E-state index is 0. The lowest BCUT2D eigenvalue weighted by Crippen LogP contribution is -1.56. The largest absolute Gasteiger partial charge is 0.453 e. The maximum absolute atomic E-state index is 4.21. The monoisotopic (exact) mass is 128 g/mol. The number of hydrogen-bond donors (Lipinski definition) is 0. The molecule has 0 saturated carbocycles. The number of hydrogen-bond acceptors (Lipinski definition) is 4. The van der Waals surface area contributed by atoms with E-state index >= 15 is 0 Å². The third-order valence-corrected chi connectivity index (χ3v) is 0.340. The van der Waals surface area contributed by atoms with Gasteiger partial charge in [0.1, 0.15) is 0 Å². The highest BCUT2D eigenvalue weighted by molar-refractivity contribution is 7.71. The molecule has 1 rings (SSSR count). The standard InChI is InChI=1S/CO3S.ClH/c5-1-2-4-3-1;/h;1H. The van der Waals surface area contributed by atoms with E-state index in [2.05, 4.69) is 26.1 Å². The minimum Gasteiger partial charge on any atom is -0.194 e. The molecule has 0 unspecified atom stereocenters. The van der Waals surface area contributed by atoms with Crippen LogP contribution < -0.4 is 0 Å². The van der Waals surface area contributed by atoms with Crippen molar-refractivity contribution < 1.29 is 13.9 Å². The van der Waals surface area contributed by atoms with Crippen LogP contribution in [0.25, 0.3) is 0 Å². The predicted octanol–water partition coefficient (Wildman–Crippen LogP) is 1.62. The topological polar surface area (TPSA) is 39.4 Å². The van der Waals surface area contributed by atoms with Crippen LogP contribution in [0.5, 0.6) is 0 Å². The van der Waals surface area contributed by atoms with Gasteiger partial charge in [-0.05, 0) is 0 Å². The smallest absolute Gasteiger partial charge is 0.194 e. The molecule has 1 heterocycles. The molecule has 6 heavy (non-hydrogen) atoms. The van der Waals surface area contributed by atoms with Gasteiger partial charge in [0.25, 0.3) is 0 Å². The summed E-state index contributed by atoms with van der Waals surface area (Å²) in [6.07, 6.45) is 0. The summed E-state index contributed by atoms with van der Waals surface area (Å²) in [5.74, 6) is 0. The Kier molecular flexibility index (Phi) is 1.97. The van der Waals surface area contributed by atoms with Gasteiger partial charge in [-0.1, -0.05) is 4.74 Å². The molecule has 0 aromatic carbocycles. The predicted molar refractivity (Wildman–Crippen MR) is 21.3 cm³/mol. The number of halogens is 1. The van der Waals surface area contributed by atoms with Gasteiger partial charge in [-0.15, -0.1) is 12.4 Å². The molecule has 0 N–H and O–H groups in total. The van der Waals surface area contributed by atoms with Crippen molar-refractivity contribution in [1.29, 1.82) is 0 Å². The molecule has 1 aromatic rings. The molecule has 0 radical (unpaired) electrons. The molecule has 0 aliphatic carbocycles. The third kappa shape index (κ3) is 0.874. The maximum atomic E-state index is 4.21. The van der Waals surface area contributed by atoms with E-state index in [0.717, 1.165) is 0 Å². The van der Waals surface area contributed by atoms with E-state index in [-0.39, 0.29) is 17.3 Å². The molecule has 0 saturated heterocycles. The van der Waals surface area contributed by atoms with Crippen LogP contribution in [-0.2, 0) is 0 Å². The van der Waals surface area contributed by atoms with Crippen molar-refractivity contribution in [2.24, 2.45) is 0 Å². The summed E-state index contributed by atoms with van der Waals surface area (Å²) in [4.78, 5) is 0.0463. The van der Waals surface area contributed by atoms with Gasteiger partial charge in [0.2, 0.25) is 0 Å². The van der Waals surface area contributed by atoms with Gasteiger partial charge in [-0.25, -0.2) is 0 Å². The van der Waals surface area contributed by atoms with Gasteiger partial charge >= 0.3 is 4.90 Å². The van der Waals surface area contributed by atoms with Crippen molar-refractivity contribution >= 4 is 24.6 Å². The zero-order chi connectivity index (χ0) is 3.70. The summed E-state index contributed by atoms with van der Waals surface area (Å²) < 4.78 is 11.6. The van der Waals surface area contributed by atoms with E-state index in [0.29, 0.717) is 0 Å². The molecule has 36 valence electrons. The first kappa shape index (κ1) is 5.78. The molecule has 0 atom stereocenters. The molecule has 0 fully saturated rings. The average molecular weight is 129 g/mol. The molecule has 3 nitrogen and oxygen atoms in total. The summed E-state index contributed by atoms with van der Waals surface area (Å²) in [5.41, 5.74) is 0. The summed E-state index contributed by atoms with van der Waals surface area (Å²) >= 11 is 4.21. The van der Waals surface area contributed by atoms with Crippen molar-refractivity contribution in [1.82, 2.24) is 0 Å². The Morgan fingerprint density at radius 3 is 1.67 bits per heavy atom. The Balaban J connectivity index is 0.000000250. The molecule has 0 bridgehead atoms. The summed E-state index contributed by atoms with van der Waals surface area (Å²) in [6, 6.07) is 0. The van der Waals surface area contributed by atoms with Crippen molar-refractivity contribution in [3.05, 3.63) is 4.90 Å². The van der Waals surface area contributed by atoms with E-state index < -0.39 is 0 Å². The highest BCUT2D eigenvalue weighted by Crippen LogP contribution is 1.88. The lowest BCUT2D eigenvalue weighted by Gasteiger charge is -1.72. The van der Waals surface area contributed by atoms with Crippen LogP contribution in [-0.4, -0.2) is 0 Å². The van der Waals surface area contributed by atoms with Crippen molar-refractivity contribution in [2.45, 2.75) is 0 Å². The molecule has 0 spiro atoms. The first-order chi connectivity index (χ1) is 2.39. The van der Waals surface area contributed by atoms with Crippen LogP contribution in [0.15, 0.2) is 13.9 Å². The molecule has 0 aliphatic heterocycles. The van der Waals surface area contributed by atoms with Crippen LogP contribution in [0.3, 0.4) is 0 Å². The van der Waals surface area contributed by atoms with Gasteiger partial charge < -0.3 is 0 Å². The second kappa shape index (κ2) is 2.04. The molecule has 1 aromatic heterocycles. The zero-order valence-electron chi connectivity index (χ0n) is 2.54. The zero-order valence-corrected chi connectivity index (χ0v) is 4.17. The average Bonchev–Trinajstić information content (AvgIpc) is 1.30. The van der Waals surface area contributed by atoms with Gasteiger partial charge in [0, 0.05) is 12.2 Å². The van der Waals surface area contributed by atoms with Gasteiger partial charge in [0.15, 0.2) is 0 Å². The van der Waals surface area contributed by atoms with Crippen molar-refractivity contribution in [2.75, 3.05) is 0 Å². The van der Waals surface area contributed by atoms with Crippen LogP contribution in [0.2, 0.25) is 0 Å². The van der Waals surface area contributed by atoms with E-state index in [9.17, 15) is 0 Å². The van der Waals surface area contributed by atoms with Gasteiger partial charge in [-0.3, -0.25) is 0 Å². The Morgan fingerprint density at radius 2 is 1.67 bits per heavy atom. The second-order valence-corrected chi connectivity index (χ2v) is 0.818. The van der Waals surface area contributed by atoms with Crippen LogP contribution in [0.4, 0.5) is 0 Å². The fraction of sp³-hybridized carbons (Fsp3) is 0. The summed E-state index contributed by atoms with van der Waals surface area (Å²) in [7, 11) is 0. The molecule has 5 heteroatoms. The van der Waals surface area contributed by atoms with Crippen molar-refractivity contribution in [3.8, 4) is 0 Å². The Hall–Kier alpha value is -0.220. The maximum Gasteiger partial charge on any atom is 0.453 e. The van der Waals surface area contributed by atoms with E-state index in [1.165, 1.54) is 0 Å². The fourth-order valence-corrected chi connectivity index (χ4v) is 0.117. The Labute approximate surface area is 44.2 Å². The Bertz CT molecular complexity index is 125. The minimum absolute atomic E-state index is 0. The summed E-state index contributed by atoms with van der Waals surface area (Å²) in [6.45, 7) is 0. The number of rotatable bonds is 0. The molecule has 0 amide bonds. The second-order valence-electron chi connectivity index (χ2n) is 0.485. The SMILES string of the molecule is Cl.S=c1ooo1. The highest BCUT2D eigenvalue weighted by atomic mass is 35.5. The van der Waals surface area contributed by atoms with Gasteiger partial charge in [0.05, 0.1) is 0 Å². The van der Waals surface area contributed by atoms with Crippen LogP contribution in [0.1, 0.15) is 0 Å². The van der Waals surface area contributed by atoms with E-state index in [4.69, 9.17) is 0 Å². The lowest BCUT2D eigenvalue weighted by atomic mass is 11.7. The van der Waals surface area contributed by atoms with Gasteiger partial charge in [-0.2, -0.15) is 9.15 Å². The normalized spacial score (nSPS) is 7.33. The summed E-state index contributed by atoms with van der Waals surface area (Å²) in [5, 5.41) is 0. The highest BCUT2D eigenvalue weighted by Gasteiger charge is 1.79. The molecule has 0 aliphatic rings. The first-order valence-electron chi connectivity index (χ1n) is 0.946. The van der Waals surface area contributed by atoms with Crippen LogP contribution in [0, 0.1) is 4.90 Å². The van der Waals surface area contributed by atoms with E-state index in [1.54, 1.807) is 0 Å². The molecular formula is CHClO3S.